The van der Waals surface area contributed by atoms with Gasteiger partial charge < -0.3 is 9.30 Å². The molecule has 2 rings (SSSR count). The normalized spacial score (nSPS) is 9.62. The number of halogens is 2. The Morgan fingerprint density at radius 1 is 1.52 bits per heavy atom. The van der Waals surface area contributed by atoms with Gasteiger partial charge in [0.05, 0.1) is 0 Å². The number of hydrogen-bond acceptors (Lipinski definition) is 3. The maximum atomic E-state index is 11.9. The number of pyridine rings is 1. The van der Waals surface area contributed by atoms with Gasteiger partial charge in [0.25, 0.3) is 0 Å². The molecule has 0 saturated heterocycles. The molecule has 1 radical (unpaired) electrons. The van der Waals surface area contributed by atoms with E-state index in [-0.39, 0.29) is 44.9 Å². The second kappa shape index (κ2) is 8.28. The zero-order valence-corrected chi connectivity index (χ0v) is 16.8. The second-order valence-corrected chi connectivity index (χ2v) is 5.51. The first-order chi connectivity index (χ1) is 9.54. The Balaban J connectivity index is 0.00000220. The van der Waals surface area contributed by atoms with Gasteiger partial charge in [-0.3, -0.25) is 4.79 Å². The van der Waals surface area contributed by atoms with Crippen LogP contribution in [0.3, 0.4) is 0 Å². The number of nitriles is 1. The van der Waals surface area contributed by atoms with Gasteiger partial charge in [0.1, 0.15) is 11.8 Å². The molecular formula is C14H9ClIN2O2Y-. The van der Waals surface area contributed by atoms with Gasteiger partial charge in [-0.15, -0.1) is 28.7 Å². The van der Waals surface area contributed by atoms with E-state index in [1.54, 1.807) is 31.3 Å². The predicted molar refractivity (Wildman–Crippen MR) is 84.8 cm³/mol. The third-order valence-corrected chi connectivity index (χ3v) is 3.76. The molecule has 0 amide bonds. The zero-order chi connectivity index (χ0) is 14.7. The molecule has 0 bridgehead atoms. The summed E-state index contributed by atoms with van der Waals surface area (Å²) >= 11 is 8.17. The van der Waals surface area contributed by atoms with Crippen LogP contribution in [0.25, 0.3) is 11.3 Å². The summed E-state index contributed by atoms with van der Waals surface area (Å²) in [5.41, 5.74) is 1.19. The van der Waals surface area contributed by atoms with Crippen LogP contribution in [0.2, 0.25) is 5.02 Å². The van der Waals surface area contributed by atoms with E-state index in [2.05, 4.69) is 6.07 Å². The zero-order valence-electron chi connectivity index (χ0n) is 11.1. The van der Waals surface area contributed by atoms with E-state index < -0.39 is 0 Å². The molecule has 4 nitrogen and oxygen atoms in total. The molecule has 0 aliphatic heterocycles. The van der Waals surface area contributed by atoms with Crippen molar-refractivity contribution in [3.05, 3.63) is 49.3 Å². The summed E-state index contributed by atoms with van der Waals surface area (Å²) in [5.74, 6) is 0.510. The van der Waals surface area contributed by atoms with Crippen molar-refractivity contribution in [2.75, 3.05) is 6.61 Å². The van der Waals surface area contributed by atoms with Gasteiger partial charge >= 0.3 is 0 Å². The third-order valence-electron chi connectivity index (χ3n) is 2.68. The van der Waals surface area contributed by atoms with Crippen molar-refractivity contribution >= 4 is 34.2 Å². The average Bonchev–Trinajstić information content (AvgIpc) is 2.44. The molecule has 0 aliphatic carbocycles. The number of benzene rings is 1. The molecule has 1 aromatic heterocycles. The Bertz CT molecular complexity index is 756. The molecule has 0 fully saturated rings. The van der Waals surface area contributed by atoms with Crippen LogP contribution in [0.1, 0.15) is 0 Å². The Kier molecular flexibility index (Phi) is 7.34. The quantitative estimate of drug-likeness (QED) is 0.493. The van der Waals surface area contributed by atoms with E-state index in [0.717, 1.165) is 0 Å². The monoisotopic (exact) mass is 488 g/mol. The van der Waals surface area contributed by atoms with Gasteiger partial charge in [0.2, 0.25) is 5.56 Å². The van der Waals surface area contributed by atoms with Crippen LogP contribution in [-0.4, -0.2) is 11.2 Å². The fourth-order valence-corrected chi connectivity index (χ4v) is 2.48. The summed E-state index contributed by atoms with van der Waals surface area (Å²) in [6.45, 7) is -0.0379. The fraction of sp³-hybridized carbons (Fsp3) is 0.143. The molecule has 0 spiro atoms. The van der Waals surface area contributed by atoms with Crippen molar-refractivity contribution in [1.82, 2.24) is 4.57 Å². The summed E-state index contributed by atoms with van der Waals surface area (Å²) in [6.07, 6.45) is 0. The van der Waals surface area contributed by atoms with Crippen molar-refractivity contribution in [2.45, 2.75) is 0 Å². The van der Waals surface area contributed by atoms with Crippen molar-refractivity contribution in [3.8, 4) is 23.1 Å². The maximum absolute atomic E-state index is 11.9. The number of ether oxygens (including phenoxy) is 1. The predicted octanol–water partition coefficient (Wildman–Crippen LogP) is 3.01. The van der Waals surface area contributed by atoms with Crippen LogP contribution in [0.15, 0.2) is 29.1 Å². The molecule has 0 unspecified atom stereocenters. The molecule has 21 heavy (non-hydrogen) atoms. The Morgan fingerprint density at radius 2 is 2.24 bits per heavy atom. The van der Waals surface area contributed by atoms with Gasteiger partial charge in [-0.1, -0.05) is 22.9 Å². The van der Waals surface area contributed by atoms with Crippen molar-refractivity contribution in [2.24, 2.45) is 7.05 Å². The van der Waals surface area contributed by atoms with Crippen molar-refractivity contribution < 1.29 is 37.4 Å². The number of aromatic nitrogens is 1. The minimum absolute atomic E-state index is 0. The van der Waals surface area contributed by atoms with Crippen LogP contribution in [0, 0.1) is 21.0 Å². The second-order valence-electron chi connectivity index (χ2n) is 3.94. The van der Waals surface area contributed by atoms with Crippen molar-refractivity contribution in [1.29, 1.82) is 5.26 Å². The first kappa shape index (κ1) is 18.6. The molecule has 0 saturated carbocycles. The van der Waals surface area contributed by atoms with Gasteiger partial charge in [0.15, 0.2) is 6.61 Å². The van der Waals surface area contributed by atoms with E-state index in [1.807, 2.05) is 28.7 Å². The van der Waals surface area contributed by atoms with E-state index in [9.17, 15) is 4.79 Å². The first-order valence-electron chi connectivity index (χ1n) is 5.61. The molecule has 0 atom stereocenters. The molecule has 1 aromatic carbocycles. The molecular weight excluding hydrogens is 479 g/mol. The van der Waals surface area contributed by atoms with E-state index in [4.69, 9.17) is 21.6 Å². The van der Waals surface area contributed by atoms with Crippen molar-refractivity contribution in [3.63, 3.8) is 0 Å². The smallest absolute Gasteiger partial charge is 0.207 e. The summed E-state index contributed by atoms with van der Waals surface area (Å²) in [4.78, 5) is 11.9. The number of rotatable bonds is 3. The first-order valence-corrected chi connectivity index (χ1v) is 7.07. The molecule has 7 heteroatoms. The Labute approximate surface area is 166 Å². The van der Waals surface area contributed by atoms with Gasteiger partial charge in [0, 0.05) is 39.8 Å². The summed E-state index contributed by atoms with van der Waals surface area (Å²) in [7, 11) is 1.67. The molecule has 1 heterocycles. The largest absolute Gasteiger partial charge is 0.479 e. The summed E-state index contributed by atoms with van der Waals surface area (Å²) < 4.78 is 7.27. The SMILES string of the molecule is Cn1c(-c2ccc(OCC#N)cc2Cl)[c-]cc(I)c1=O.[Y]. The van der Waals surface area contributed by atoms with E-state index >= 15 is 0 Å². The third kappa shape index (κ3) is 4.29. The molecule has 2 aromatic rings. The van der Waals surface area contributed by atoms with Crippen LogP contribution in [0.4, 0.5) is 0 Å². The summed E-state index contributed by atoms with van der Waals surface area (Å²) in [5, 5.41) is 8.91. The fourth-order valence-electron chi connectivity index (χ4n) is 1.70. The van der Waals surface area contributed by atoms with Crippen LogP contribution >= 0.6 is 34.2 Å². The maximum Gasteiger partial charge on any atom is 0.207 e. The van der Waals surface area contributed by atoms with Crippen LogP contribution < -0.4 is 10.3 Å². The van der Waals surface area contributed by atoms with Gasteiger partial charge in [-0.2, -0.15) is 17.4 Å². The van der Waals surface area contributed by atoms with Gasteiger partial charge in [-0.25, -0.2) is 0 Å². The Hall–Kier alpha value is -0.416. The standard InChI is InChI=1S/C14H9ClIN2O2.Y/c1-18-13(5-4-12(16)14(18)19)10-3-2-9(8-11(10)15)20-7-6-17;/h2-4,8H,7H2,1H3;/q-1;. The topological polar surface area (TPSA) is 55.0 Å². The molecule has 0 N–H and O–H groups in total. The molecule has 0 aliphatic rings. The summed E-state index contributed by atoms with van der Waals surface area (Å²) in [6, 6.07) is 11.6. The minimum Gasteiger partial charge on any atom is -0.479 e. The minimum atomic E-state index is -0.0970. The number of hydrogen-bond donors (Lipinski definition) is 0. The Morgan fingerprint density at radius 3 is 2.86 bits per heavy atom. The van der Waals surface area contributed by atoms with Crippen LogP contribution in [0.5, 0.6) is 5.75 Å². The average molecular weight is 489 g/mol. The van der Waals surface area contributed by atoms with E-state index in [0.29, 0.717) is 25.6 Å². The van der Waals surface area contributed by atoms with Gasteiger partial charge in [-0.05, 0) is 20.7 Å². The van der Waals surface area contributed by atoms with Crippen LogP contribution in [-0.2, 0) is 39.8 Å². The van der Waals surface area contributed by atoms with E-state index in [1.165, 1.54) is 4.57 Å². The number of nitrogens with zero attached hydrogens (tertiary/aromatic N) is 2. The molecule has 105 valence electrons.